The van der Waals surface area contributed by atoms with Gasteiger partial charge in [-0.05, 0) is 18.9 Å². The van der Waals surface area contributed by atoms with E-state index in [1.807, 2.05) is 13.8 Å². The van der Waals surface area contributed by atoms with Crippen LogP contribution >= 0.6 is 0 Å². The van der Waals surface area contributed by atoms with Crippen LogP contribution in [0.4, 0.5) is 20.2 Å². The van der Waals surface area contributed by atoms with Crippen molar-refractivity contribution in [2.75, 3.05) is 30.3 Å². The van der Waals surface area contributed by atoms with Crippen molar-refractivity contribution in [3.8, 4) is 0 Å². The van der Waals surface area contributed by atoms with Crippen LogP contribution in [0, 0.1) is 11.6 Å². The van der Waals surface area contributed by atoms with E-state index in [4.69, 9.17) is 0 Å². The third-order valence-electron chi connectivity index (χ3n) is 3.14. The highest BCUT2D eigenvalue weighted by Gasteiger charge is 2.14. The van der Waals surface area contributed by atoms with Crippen LogP contribution in [-0.4, -0.2) is 36.3 Å². The fourth-order valence-electron chi connectivity index (χ4n) is 2.15. The highest BCUT2D eigenvalue weighted by atomic mass is 19.1. The first-order chi connectivity index (χ1) is 10.9. The normalized spacial score (nSPS) is 10.3. The molecule has 7 heteroatoms. The van der Waals surface area contributed by atoms with Gasteiger partial charge in [0, 0.05) is 26.1 Å². The number of carbonyl (C=O) groups is 2. The average molecular weight is 327 g/mol. The molecule has 128 valence electrons. The fourth-order valence-corrected chi connectivity index (χ4v) is 2.15. The number of hydrogen-bond donors (Lipinski definition) is 2. The molecule has 0 aromatic heterocycles. The summed E-state index contributed by atoms with van der Waals surface area (Å²) in [4.78, 5) is 24.8. The molecule has 0 saturated carbocycles. The Morgan fingerprint density at radius 3 is 2.13 bits per heavy atom. The predicted octanol–water partition coefficient (Wildman–Crippen LogP) is 2.98. The lowest BCUT2D eigenvalue weighted by Gasteiger charge is -2.22. The molecule has 0 aliphatic carbocycles. The Labute approximate surface area is 135 Å². The van der Waals surface area contributed by atoms with Crippen molar-refractivity contribution in [1.29, 1.82) is 0 Å². The Morgan fingerprint density at radius 1 is 1.04 bits per heavy atom. The van der Waals surface area contributed by atoms with E-state index >= 15 is 0 Å². The van der Waals surface area contributed by atoms with E-state index in [1.54, 1.807) is 4.90 Å². The summed E-state index contributed by atoms with van der Waals surface area (Å²) in [7, 11) is 0. The van der Waals surface area contributed by atoms with E-state index in [0.717, 1.165) is 18.9 Å². The molecule has 2 amide bonds. The van der Waals surface area contributed by atoms with Gasteiger partial charge >= 0.3 is 0 Å². The molecule has 0 spiro atoms. The lowest BCUT2D eigenvalue weighted by molar-refractivity contribution is -0.129. The molecule has 0 radical (unpaired) electrons. The summed E-state index contributed by atoms with van der Waals surface area (Å²) in [5.41, 5.74) is -0.163. The zero-order chi connectivity index (χ0) is 17.4. The minimum absolute atomic E-state index is 0.0311. The quantitative estimate of drug-likeness (QED) is 0.771. The van der Waals surface area contributed by atoms with Crippen LogP contribution in [0.15, 0.2) is 12.1 Å². The molecule has 0 atom stereocenters. The van der Waals surface area contributed by atoms with Gasteiger partial charge < -0.3 is 15.5 Å². The molecule has 0 bridgehead atoms. The van der Waals surface area contributed by atoms with Crippen LogP contribution < -0.4 is 10.6 Å². The van der Waals surface area contributed by atoms with Crippen molar-refractivity contribution in [3.63, 3.8) is 0 Å². The maximum atomic E-state index is 13.8. The average Bonchev–Trinajstić information content (AvgIpc) is 2.48. The van der Waals surface area contributed by atoms with Crippen LogP contribution in [0.25, 0.3) is 0 Å². The molecule has 0 aliphatic heterocycles. The summed E-state index contributed by atoms with van der Waals surface area (Å²) in [5, 5.41) is 4.94. The first-order valence-electron chi connectivity index (χ1n) is 7.67. The summed E-state index contributed by atoms with van der Waals surface area (Å²) in [5.74, 6) is -2.30. The minimum atomic E-state index is -0.867. The zero-order valence-electron chi connectivity index (χ0n) is 13.7. The molecule has 1 aromatic carbocycles. The third-order valence-corrected chi connectivity index (χ3v) is 3.14. The van der Waals surface area contributed by atoms with E-state index in [0.29, 0.717) is 19.2 Å². The summed E-state index contributed by atoms with van der Waals surface area (Å²) in [6.45, 7) is 6.36. The van der Waals surface area contributed by atoms with Crippen molar-refractivity contribution in [2.24, 2.45) is 0 Å². The van der Waals surface area contributed by atoms with E-state index in [1.165, 1.54) is 6.92 Å². The van der Waals surface area contributed by atoms with E-state index in [9.17, 15) is 18.4 Å². The number of carbonyl (C=O) groups excluding carboxylic acids is 2. The van der Waals surface area contributed by atoms with Crippen LogP contribution in [0.3, 0.4) is 0 Å². The monoisotopic (exact) mass is 327 g/mol. The lowest BCUT2D eigenvalue weighted by atomic mass is 10.2. The Bertz CT molecular complexity index is 559. The van der Waals surface area contributed by atoms with Gasteiger partial charge in [-0.1, -0.05) is 13.8 Å². The smallest absolute Gasteiger partial charge is 0.241 e. The van der Waals surface area contributed by atoms with Crippen LogP contribution in [0.1, 0.15) is 33.6 Å². The van der Waals surface area contributed by atoms with Gasteiger partial charge in [-0.2, -0.15) is 0 Å². The standard InChI is InChI=1S/C16H23F2N3O2/c1-4-6-21(7-5-2)16(23)10-19-14-9-15(20-11(3)22)13(18)8-12(14)17/h8-9,19H,4-7,10H2,1-3H3,(H,20,22). The number of benzene rings is 1. The fraction of sp³-hybridized carbons (Fsp3) is 0.500. The molecule has 0 heterocycles. The number of amides is 2. The second kappa shape index (κ2) is 9.07. The van der Waals surface area contributed by atoms with Crippen molar-refractivity contribution in [2.45, 2.75) is 33.6 Å². The van der Waals surface area contributed by atoms with E-state index in [-0.39, 0.29) is 23.8 Å². The molecule has 5 nitrogen and oxygen atoms in total. The van der Waals surface area contributed by atoms with Gasteiger partial charge in [0.1, 0.15) is 11.6 Å². The molecule has 23 heavy (non-hydrogen) atoms. The molecule has 1 rings (SSSR count). The SMILES string of the molecule is CCCN(CCC)C(=O)CNc1cc(NC(C)=O)c(F)cc1F. The van der Waals surface area contributed by atoms with E-state index < -0.39 is 17.5 Å². The van der Waals surface area contributed by atoms with Crippen molar-refractivity contribution < 1.29 is 18.4 Å². The van der Waals surface area contributed by atoms with Gasteiger partial charge in [-0.25, -0.2) is 8.78 Å². The third kappa shape index (κ3) is 5.84. The number of rotatable bonds is 8. The maximum Gasteiger partial charge on any atom is 0.241 e. The molecule has 0 saturated heterocycles. The largest absolute Gasteiger partial charge is 0.374 e. The number of hydrogen-bond acceptors (Lipinski definition) is 3. The Hall–Kier alpha value is -2.18. The van der Waals surface area contributed by atoms with Crippen molar-refractivity contribution >= 4 is 23.2 Å². The molecule has 2 N–H and O–H groups in total. The summed E-state index contributed by atoms with van der Waals surface area (Å²) >= 11 is 0. The minimum Gasteiger partial charge on any atom is -0.374 e. The Morgan fingerprint density at radius 2 is 1.61 bits per heavy atom. The van der Waals surface area contributed by atoms with Gasteiger partial charge in [-0.3, -0.25) is 9.59 Å². The van der Waals surface area contributed by atoms with Gasteiger partial charge in [0.15, 0.2) is 0 Å². The summed E-state index contributed by atoms with van der Waals surface area (Å²) in [6.07, 6.45) is 1.67. The summed E-state index contributed by atoms with van der Waals surface area (Å²) in [6, 6.07) is 1.82. The number of halogens is 2. The van der Waals surface area contributed by atoms with Gasteiger partial charge in [-0.15, -0.1) is 0 Å². The second-order valence-corrected chi connectivity index (χ2v) is 5.23. The van der Waals surface area contributed by atoms with Gasteiger partial charge in [0.2, 0.25) is 11.8 Å². The predicted molar refractivity (Wildman–Crippen MR) is 86.3 cm³/mol. The number of nitrogens with zero attached hydrogens (tertiary/aromatic N) is 1. The Balaban J connectivity index is 2.79. The first kappa shape index (κ1) is 18.9. The topological polar surface area (TPSA) is 61.4 Å². The summed E-state index contributed by atoms with van der Waals surface area (Å²) < 4.78 is 27.3. The van der Waals surface area contributed by atoms with Crippen molar-refractivity contribution in [1.82, 2.24) is 4.90 Å². The molecule has 0 unspecified atom stereocenters. The number of anilines is 2. The molecule has 0 aliphatic rings. The molecule has 1 aromatic rings. The number of nitrogens with one attached hydrogen (secondary N) is 2. The molecule has 0 fully saturated rings. The highest BCUT2D eigenvalue weighted by molar-refractivity contribution is 5.89. The first-order valence-corrected chi connectivity index (χ1v) is 7.67. The van der Waals surface area contributed by atoms with Gasteiger partial charge in [0.25, 0.3) is 0 Å². The van der Waals surface area contributed by atoms with Crippen molar-refractivity contribution in [3.05, 3.63) is 23.8 Å². The maximum absolute atomic E-state index is 13.8. The van der Waals surface area contributed by atoms with Crippen LogP contribution in [0.5, 0.6) is 0 Å². The molecular weight excluding hydrogens is 304 g/mol. The lowest BCUT2D eigenvalue weighted by Crippen LogP contribution is -2.36. The van der Waals surface area contributed by atoms with Gasteiger partial charge in [0.05, 0.1) is 17.9 Å². The highest BCUT2D eigenvalue weighted by Crippen LogP contribution is 2.23. The van der Waals surface area contributed by atoms with E-state index in [2.05, 4.69) is 10.6 Å². The molecular formula is C16H23F2N3O2. The zero-order valence-corrected chi connectivity index (χ0v) is 13.7. The van der Waals surface area contributed by atoms with Crippen LogP contribution in [0.2, 0.25) is 0 Å². The van der Waals surface area contributed by atoms with Crippen LogP contribution in [-0.2, 0) is 9.59 Å². The Kier molecular flexibility index (Phi) is 7.44. The second-order valence-electron chi connectivity index (χ2n) is 5.23.